The van der Waals surface area contributed by atoms with Gasteiger partial charge in [0, 0.05) is 50.6 Å². The predicted molar refractivity (Wildman–Crippen MR) is 123 cm³/mol. The van der Waals surface area contributed by atoms with Crippen molar-refractivity contribution < 1.29 is 19.1 Å². The van der Waals surface area contributed by atoms with Crippen LogP contribution in [0.25, 0.3) is 11.0 Å². The Bertz CT molecular complexity index is 1150. The Kier molecular flexibility index (Phi) is 7.97. The number of hydrogen-bond donors (Lipinski definition) is 2. The van der Waals surface area contributed by atoms with Crippen molar-refractivity contribution in [2.24, 2.45) is 0 Å². The predicted octanol–water partition coefficient (Wildman–Crippen LogP) is 2.68. The smallest absolute Gasteiger partial charge is 0.258 e. The van der Waals surface area contributed by atoms with Crippen molar-refractivity contribution in [2.45, 2.75) is 13.0 Å². The Morgan fingerprint density at radius 3 is 2.59 bits per heavy atom. The van der Waals surface area contributed by atoms with Gasteiger partial charge in [-0.2, -0.15) is 0 Å². The minimum Gasteiger partial charge on any atom is -0.385 e. The lowest BCUT2D eigenvalue weighted by Gasteiger charge is -2.10. The molecule has 2 amide bonds. The van der Waals surface area contributed by atoms with Gasteiger partial charge in [0.15, 0.2) is 0 Å². The van der Waals surface area contributed by atoms with Crippen LogP contribution in [0.2, 0.25) is 0 Å². The van der Waals surface area contributed by atoms with Crippen molar-refractivity contribution in [3.8, 4) is 12.3 Å². The average molecular weight is 434 g/mol. The van der Waals surface area contributed by atoms with Crippen molar-refractivity contribution in [3.05, 3.63) is 59.2 Å². The topological polar surface area (TPSA) is 94.5 Å². The van der Waals surface area contributed by atoms with E-state index in [-0.39, 0.29) is 11.8 Å². The highest BCUT2D eigenvalue weighted by Crippen LogP contribution is 2.22. The van der Waals surface area contributed by atoms with E-state index in [1.165, 1.54) is 0 Å². The second-order valence-electron chi connectivity index (χ2n) is 7.06. The van der Waals surface area contributed by atoms with E-state index in [9.17, 15) is 9.59 Å². The molecule has 0 bridgehead atoms. The fraction of sp³-hybridized carbons (Fsp3) is 0.292. The normalized spacial score (nSPS) is 10.7. The molecule has 1 heterocycles. The third-order valence-corrected chi connectivity index (χ3v) is 4.85. The standard InChI is InChI=1S/C24H26N4O4/c1-4-17-7-5-8-18(15-17)23(30)27-24-26-20-16-19(22(29)25-11-14-32-3)9-10-21(20)28(24)12-6-13-31-2/h1,5,7-10,15-16H,6,11-14H2,2-3H3,(H,25,29)(H,26,27,30). The summed E-state index contributed by atoms with van der Waals surface area (Å²) >= 11 is 0. The summed E-state index contributed by atoms with van der Waals surface area (Å²) in [6.07, 6.45) is 6.17. The van der Waals surface area contributed by atoms with Gasteiger partial charge in [0.25, 0.3) is 11.8 Å². The zero-order valence-corrected chi connectivity index (χ0v) is 18.2. The summed E-state index contributed by atoms with van der Waals surface area (Å²) in [7, 11) is 3.22. The van der Waals surface area contributed by atoms with Gasteiger partial charge in [-0.15, -0.1) is 6.42 Å². The Hall–Kier alpha value is -3.67. The molecule has 3 aromatic rings. The molecular formula is C24H26N4O4. The van der Waals surface area contributed by atoms with Crippen molar-refractivity contribution in [2.75, 3.05) is 39.3 Å². The number of carbonyl (C=O) groups excluding carboxylic acids is 2. The number of hydrogen-bond acceptors (Lipinski definition) is 5. The maximum Gasteiger partial charge on any atom is 0.258 e. The fourth-order valence-electron chi connectivity index (χ4n) is 3.25. The fourth-order valence-corrected chi connectivity index (χ4v) is 3.25. The Morgan fingerprint density at radius 2 is 1.84 bits per heavy atom. The van der Waals surface area contributed by atoms with E-state index < -0.39 is 0 Å². The number of nitrogens with one attached hydrogen (secondary N) is 2. The van der Waals surface area contributed by atoms with Crippen LogP contribution in [0.15, 0.2) is 42.5 Å². The number of anilines is 1. The van der Waals surface area contributed by atoms with Gasteiger partial charge in [0.2, 0.25) is 5.95 Å². The molecule has 8 heteroatoms. The molecule has 2 N–H and O–H groups in total. The summed E-state index contributed by atoms with van der Waals surface area (Å²) in [6.45, 7) is 2.00. The van der Waals surface area contributed by atoms with Gasteiger partial charge >= 0.3 is 0 Å². The van der Waals surface area contributed by atoms with Crippen LogP contribution in [-0.4, -0.2) is 55.3 Å². The number of fused-ring (bicyclic) bond motifs is 1. The lowest BCUT2D eigenvalue weighted by atomic mass is 10.1. The van der Waals surface area contributed by atoms with Gasteiger partial charge < -0.3 is 19.4 Å². The third kappa shape index (κ3) is 5.52. The lowest BCUT2D eigenvalue weighted by molar-refractivity contribution is 0.0936. The molecule has 0 saturated heterocycles. The van der Waals surface area contributed by atoms with Crippen LogP contribution >= 0.6 is 0 Å². The molecule has 1 aromatic heterocycles. The van der Waals surface area contributed by atoms with Crippen LogP contribution in [0.1, 0.15) is 32.7 Å². The largest absolute Gasteiger partial charge is 0.385 e. The maximum absolute atomic E-state index is 12.8. The van der Waals surface area contributed by atoms with E-state index >= 15 is 0 Å². The van der Waals surface area contributed by atoms with Crippen LogP contribution in [0.4, 0.5) is 5.95 Å². The minimum atomic E-state index is -0.317. The van der Waals surface area contributed by atoms with Crippen LogP contribution in [-0.2, 0) is 16.0 Å². The Balaban J connectivity index is 1.90. The van der Waals surface area contributed by atoms with E-state index in [4.69, 9.17) is 15.9 Å². The summed E-state index contributed by atoms with van der Waals surface area (Å²) in [5, 5.41) is 5.66. The average Bonchev–Trinajstić information content (AvgIpc) is 3.15. The zero-order valence-electron chi connectivity index (χ0n) is 18.2. The Labute approximate surface area is 186 Å². The number of benzene rings is 2. The molecule has 166 valence electrons. The van der Waals surface area contributed by atoms with Gasteiger partial charge in [-0.1, -0.05) is 12.0 Å². The first-order chi connectivity index (χ1) is 15.6. The molecule has 8 nitrogen and oxygen atoms in total. The van der Waals surface area contributed by atoms with Crippen LogP contribution in [0.3, 0.4) is 0 Å². The molecule has 0 spiro atoms. The number of terminal acetylenes is 1. The highest BCUT2D eigenvalue weighted by molar-refractivity contribution is 6.04. The highest BCUT2D eigenvalue weighted by Gasteiger charge is 2.16. The molecule has 2 aromatic carbocycles. The first-order valence-corrected chi connectivity index (χ1v) is 10.2. The van der Waals surface area contributed by atoms with Crippen molar-refractivity contribution in [1.82, 2.24) is 14.9 Å². The van der Waals surface area contributed by atoms with E-state index in [1.807, 2.05) is 10.6 Å². The van der Waals surface area contributed by atoms with Gasteiger partial charge in [-0.05, 0) is 42.8 Å². The van der Waals surface area contributed by atoms with Gasteiger partial charge in [-0.25, -0.2) is 4.98 Å². The molecule has 32 heavy (non-hydrogen) atoms. The number of imidazole rings is 1. The number of amides is 2. The second kappa shape index (κ2) is 11.1. The maximum atomic E-state index is 12.8. The number of aryl methyl sites for hydroxylation is 1. The first kappa shape index (κ1) is 23.0. The quantitative estimate of drug-likeness (QED) is 0.378. The first-order valence-electron chi connectivity index (χ1n) is 10.2. The molecular weight excluding hydrogens is 408 g/mol. The third-order valence-electron chi connectivity index (χ3n) is 4.85. The van der Waals surface area contributed by atoms with E-state index in [2.05, 4.69) is 21.5 Å². The van der Waals surface area contributed by atoms with Crippen molar-refractivity contribution in [1.29, 1.82) is 0 Å². The SMILES string of the molecule is C#Cc1cccc(C(=O)Nc2nc3cc(C(=O)NCCOC)ccc3n2CCCOC)c1. The van der Waals surface area contributed by atoms with Gasteiger partial charge in [0.1, 0.15) is 0 Å². The number of methoxy groups -OCH3 is 2. The number of carbonyl (C=O) groups is 2. The number of ether oxygens (including phenoxy) is 2. The molecule has 0 aliphatic carbocycles. The molecule has 0 fully saturated rings. The molecule has 0 aliphatic heterocycles. The summed E-state index contributed by atoms with van der Waals surface area (Å²) in [5.74, 6) is 2.39. The summed E-state index contributed by atoms with van der Waals surface area (Å²) < 4.78 is 12.0. The number of nitrogens with zero attached hydrogens (tertiary/aromatic N) is 2. The highest BCUT2D eigenvalue weighted by atomic mass is 16.5. The summed E-state index contributed by atoms with van der Waals surface area (Å²) in [6, 6.07) is 12.1. The van der Waals surface area contributed by atoms with E-state index in [0.29, 0.717) is 54.5 Å². The molecule has 0 atom stereocenters. The molecule has 3 rings (SSSR count). The molecule has 0 radical (unpaired) electrons. The number of rotatable bonds is 10. The molecule has 0 unspecified atom stereocenters. The van der Waals surface area contributed by atoms with E-state index in [1.54, 1.807) is 50.6 Å². The second-order valence-corrected chi connectivity index (χ2v) is 7.06. The monoisotopic (exact) mass is 434 g/mol. The van der Waals surface area contributed by atoms with Crippen molar-refractivity contribution >= 4 is 28.8 Å². The van der Waals surface area contributed by atoms with Crippen LogP contribution in [0.5, 0.6) is 0 Å². The summed E-state index contributed by atoms with van der Waals surface area (Å²) in [4.78, 5) is 29.8. The van der Waals surface area contributed by atoms with E-state index in [0.717, 1.165) is 11.9 Å². The molecule has 0 aliphatic rings. The molecule has 0 saturated carbocycles. The van der Waals surface area contributed by atoms with Crippen LogP contribution < -0.4 is 10.6 Å². The number of aromatic nitrogens is 2. The lowest BCUT2D eigenvalue weighted by Crippen LogP contribution is -2.26. The van der Waals surface area contributed by atoms with Gasteiger partial charge in [-0.3, -0.25) is 14.9 Å². The van der Waals surface area contributed by atoms with Gasteiger partial charge in [0.05, 0.1) is 17.6 Å². The van der Waals surface area contributed by atoms with Crippen LogP contribution in [0, 0.1) is 12.3 Å². The minimum absolute atomic E-state index is 0.213. The zero-order chi connectivity index (χ0) is 22.9. The van der Waals surface area contributed by atoms with Crippen molar-refractivity contribution in [3.63, 3.8) is 0 Å². The Morgan fingerprint density at radius 1 is 1.06 bits per heavy atom. The summed E-state index contributed by atoms with van der Waals surface area (Å²) in [5.41, 5.74) is 2.95.